The van der Waals surface area contributed by atoms with E-state index in [-0.39, 0.29) is 5.82 Å². The van der Waals surface area contributed by atoms with Crippen LogP contribution in [0.25, 0.3) is 10.8 Å². The number of nitrogens with one attached hydrogen (secondary N) is 1. The fraction of sp³-hybridized carbons (Fsp3) is 0. The van der Waals surface area contributed by atoms with Crippen molar-refractivity contribution in [1.82, 2.24) is 4.98 Å². The molecule has 1 aromatic heterocycles. The van der Waals surface area contributed by atoms with Gasteiger partial charge in [-0.25, -0.2) is 4.39 Å². The zero-order chi connectivity index (χ0) is 7.84. The molecular weight excluding hydrogens is 143 g/mol. The second-order valence-corrected chi connectivity index (χ2v) is 2.43. The molecule has 0 aliphatic carbocycles. The van der Waals surface area contributed by atoms with Crippen LogP contribution in [0.4, 0.5) is 10.2 Å². The zero-order valence-corrected chi connectivity index (χ0v) is 5.76. The van der Waals surface area contributed by atoms with Gasteiger partial charge in [-0.15, -0.1) is 0 Å². The van der Waals surface area contributed by atoms with Crippen LogP contribution < -0.4 is 5.73 Å². The molecule has 0 unspecified atom stereocenters. The van der Waals surface area contributed by atoms with E-state index in [0.29, 0.717) is 5.82 Å². The van der Waals surface area contributed by atoms with Gasteiger partial charge in [-0.05, 0) is 18.2 Å². The van der Waals surface area contributed by atoms with Gasteiger partial charge in [-0.2, -0.15) is 0 Å². The maximum Gasteiger partial charge on any atom is 0.123 e. The summed E-state index contributed by atoms with van der Waals surface area (Å²) in [5, 5.41) is 1.67. The van der Waals surface area contributed by atoms with Gasteiger partial charge in [0.15, 0.2) is 0 Å². The number of H-pyrrole nitrogens is 1. The molecule has 0 atom stereocenters. The molecule has 2 nitrogen and oxygen atoms in total. The van der Waals surface area contributed by atoms with E-state index in [9.17, 15) is 4.39 Å². The predicted molar refractivity (Wildman–Crippen MR) is 42.7 cm³/mol. The fourth-order valence-corrected chi connectivity index (χ4v) is 1.12. The van der Waals surface area contributed by atoms with Crippen molar-refractivity contribution >= 4 is 16.6 Å². The monoisotopic (exact) mass is 150 g/mol. The first kappa shape index (κ1) is 6.22. The summed E-state index contributed by atoms with van der Waals surface area (Å²) in [6.07, 6.45) is 1.75. The van der Waals surface area contributed by atoms with Gasteiger partial charge in [0.05, 0.1) is 0 Å². The van der Waals surface area contributed by atoms with Crippen LogP contribution in [0.2, 0.25) is 0 Å². The lowest BCUT2D eigenvalue weighted by atomic mass is 10.2. The molecule has 1 heterocycles. The van der Waals surface area contributed by atoms with Crippen LogP contribution in [0.15, 0.2) is 24.4 Å². The molecule has 0 saturated heterocycles. The lowest BCUT2D eigenvalue weighted by molar-refractivity contribution is 0.630. The molecule has 3 heteroatoms. The number of aromatic nitrogens is 1. The summed E-state index contributed by atoms with van der Waals surface area (Å²) in [5.74, 6) is 0.253. The van der Waals surface area contributed by atoms with Crippen molar-refractivity contribution in [3.05, 3.63) is 30.2 Å². The molecule has 0 spiro atoms. The Balaban J connectivity index is 2.87. The SMILES string of the molecule is Nc1[nH]cc2ccc(F)cc12. The Bertz CT molecular complexity index is 392. The van der Waals surface area contributed by atoms with Crippen LogP contribution in [0.5, 0.6) is 0 Å². The van der Waals surface area contributed by atoms with Gasteiger partial charge in [0.1, 0.15) is 11.6 Å². The van der Waals surface area contributed by atoms with Crippen molar-refractivity contribution in [1.29, 1.82) is 0 Å². The number of benzene rings is 1. The molecule has 11 heavy (non-hydrogen) atoms. The van der Waals surface area contributed by atoms with E-state index >= 15 is 0 Å². The molecule has 0 aliphatic rings. The van der Waals surface area contributed by atoms with Crippen LogP contribution in [-0.2, 0) is 0 Å². The molecule has 2 aromatic rings. The maximum atomic E-state index is 12.6. The minimum atomic E-state index is -0.260. The Morgan fingerprint density at radius 3 is 3.00 bits per heavy atom. The summed E-state index contributed by atoms with van der Waals surface area (Å²) in [4.78, 5) is 2.81. The summed E-state index contributed by atoms with van der Waals surface area (Å²) in [5.41, 5.74) is 5.52. The molecule has 0 fully saturated rings. The van der Waals surface area contributed by atoms with Crippen LogP contribution in [0.3, 0.4) is 0 Å². The van der Waals surface area contributed by atoms with E-state index in [4.69, 9.17) is 5.73 Å². The van der Waals surface area contributed by atoms with Gasteiger partial charge in [0.2, 0.25) is 0 Å². The summed E-state index contributed by atoms with van der Waals surface area (Å²) in [6, 6.07) is 4.52. The standard InChI is InChI=1S/C8H7FN2/c9-6-2-1-5-4-11-8(10)7(5)3-6/h1-4,11H,10H2. The van der Waals surface area contributed by atoms with Gasteiger partial charge >= 0.3 is 0 Å². The topological polar surface area (TPSA) is 41.8 Å². The Kier molecular flexibility index (Phi) is 1.12. The number of hydrogen-bond donors (Lipinski definition) is 2. The second kappa shape index (κ2) is 1.99. The molecule has 0 amide bonds. The Hall–Kier alpha value is -1.51. The zero-order valence-electron chi connectivity index (χ0n) is 5.76. The normalized spacial score (nSPS) is 10.6. The predicted octanol–water partition coefficient (Wildman–Crippen LogP) is 1.89. The highest BCUT2D eigenvalue weighted by atomic mass is 19.1. The van der Waals surface area contributed by atoms with Crippen molar-refractivity contribution in [2.45, 2.75) is 0 Å². The number of fused-ring (bicyclic) bond motifs is 1. The third-order valence-electron chi connectivity index (χ3n) is 1.69. The number of anilines is 1. The number of hydrogen-bond acceptors (Lipinski definition) is 1. The highest BCUT2D eigenvalue weighted by Crippen LogP contribution is 2.20. The Morgan fingerprint density at radius 1 is 1.36 bits per heavy atom. The third kappa shape index (κ3) is 0.852. The third-order valence-corrected chi connectivity index (χ3v) is 1.69. The lowest BCUT2D eigenvalue weighted by Gasteiger charge is -1.90. The van der Waals surface area contributed by atoms with Gasteiger partial charge in [-0.3, -0.25) is 0 Å². The minimum Gasteiger partial charge on any atom is -0.385 e. The average Bonchev–Trinajstić information content (AvgIpc) is 2.33. The van der Waals surface area contributed by atoms with Crippen LogP contribution in [-0.4, -0.2) is 4.98 Å². The van der Waals surface area contributed by atoms with Gasteiger partial charge < -0.3 is 10.7 Å². The van der Waals surface area contributed by atoms with E-state index in [1.807, 2.05) is 0 Å². The van der Waals surface area contributed by atoms with Gasteiger partial charge in [-0.1, -0.05) is 0 Å². The largest absolute Gasteiger partial charge is 0.385 e. The first-order chi connectivity index (χ1) is 5.27. The molecule has 56 valence electrons. The van der Waals surface area contributed by atoms with Crippen molar-refractivity contribution in [3.63, 3.8) is 0 Å². The summed E-state index contributed by atoms with van der Waals surface area (Å²) < 4.78 is 12.6. The van der Waals surface area contributed by atoms with Crippen molar-refractivity contribution < 1.29 is 4.39 Å². The quantitative estimate of drug-likeness (QED) is 0.591. The first-order valence-corrected chi connectivity index (χ1v) is 3.29. The smallest absolute Gasteiger partial charge is 0.123 e. The molecule has 1 aromatic carbocycles. The van der Waals surface area contributed by atoms with Crippen molar-refractivity contribution in [3.8, 4) is 0 Å². The molecule has 3 N–H and O–H groups in total. The van der Waals surface area contributed by atoms with Crippen LogP contribution >= 0.6 is 0 Å². The van der Waals surface area contributed by atoms with Gasteiger partial charge in [0.25, 0.3) is 0 Å². The van der Waals surface area contributed by atoms with Crippen molar-refractivity contribution in [2.24, 2.45) is 0 Å². The average molecular weight is 150 g/mol. The highest BCUT2D eigenvalue weighted by molar-refractivity contribution is 5.91. The van der Waals surface area contributed by atoms with E-state index in [2.05, 4.69) is 4.98 Å². The summed E-state index contributed by atoms with van der Waals surface area (Å²) in [7, 11) is 0. The van der Waals surface area contributed by atoms with Crippen molar-refractivity contribution in [2.75, 3.05) is 5.73 Å². The second-order valence-electron chi connectivity index (χ2n) is 2.43. The fourth-order valence-electron chi connectivity index (χ4n) is 1.12. The van der Waals surface area contributed by atoms with E-state index in [1.165, 1.54) is 12.1 Å². The number of rotatable bonds is 0. The molecule has 2 rings (SSSR count). The Morgan fingerprint density at radius 2 is 2.18 bits per heavy atom. The number of halogens is 1. The van der Waals surface area contributed by atoms with E-state index < -0.39 is 0 Å². The first-order valence-electron chi connectivity index (χ1n) is 3.29. The summed E-state index contributed by atoms with van der Waals surface area (Å²) in [6.45, 7) is 0. The van der Waals surface area contributed by atoms with Crippen LogP contribution in [0, 0.1) is 5.82 Å². The molecule has 0 saturated carbocycles. The number of nitrogens with two attached hydrogens (primary N) is 1. The molecule has 0 aliphatic heterocycles. The van der Waals surface area contributed by atoms with E-state index in [0.717, 1.165) is 10.8 Å². The number of aromatic amines is 1. The lowest BCUT2D eigenvalue weighted by Crippen LogP contribution is -1.83. The molecule has 0 bridgehead atoms. The van der Waals surface area contributed by atoms with Crippen LogP contribution in [0.1, 0.15) is 0 Å². The molecular formula is C8H7FN2. The number of nitrogen functional groups attached to an aromatic ring is 1. The molecule has 0 radical (unpaired) electrons. The summed E-state index contributed by atoms with van der Waals surface area (Å²) >= 11 is 0. The highest BCUT2D eigenvalue weighted by Gasteiger charge is 1.99. The Labute approximate surface area is 62.8 Å². The maximum absolute atomic E-state index is 12.6. The minimum absolute atomic E-state index is 0.260. The van der Waals surface area contributed by atoms with Gasteiger partial charge in [0, 0.05) is 17.0 Å². The van der Waals surface area contributed by atoms with E-state index in [1.54, 1.807) is 12.3 Å².